The molecule has 1 spiro atoms. The third-order valence-corrected chi connectivity index (χ3v) is 17.1. The third kappa shape index (κ3) is 6.50. The number of piperidine rings is 1. The lowest BCUT2D eigenvalue weighted by Crippen LogP contribution is -2.81. The molecule has 2 saturated heterocycles. The van der Waals surface area contributed by atoms with E-state index in [2.05, 4.69) is 76.2 Å². The standard InChI is InChI=1S/C51H66N4O9Si/c1-11-47(59)27-33-28-50(45(57)62-6,41-34(16-21-54(29-33)30-47)35-24-32(14-15-38(35)52-41)17-23-65(8,9)10)37-25-36-39(26-40(37)61-5)53(4)43-49(36)19-22-55-20-13-18-48(12-2,42(49)55)44(64-31(3)56)51(43,60)46(58)63-7/h13-15,18,24-26,33,42-44,52,59-60H,11-12,16,19-22,27-30H2,1-10H3/t33-,42+,43-,44-,47+,48-,49-,50+,51+/m1/s1. The number of hydrogen-bond acceptors (Lipinski definition) is 12. The van der Waals surface area contributed by atoms with Crippen LogP contribution in [0.25, 0.3) is 10.9 Å². The molecule has 2 bridgehead atoms. The molecule has 65 heavy (non-hydrogen) atoms. The van der Waals surface area contributed by atoms with Gasteiger partial charge in [0, 0.05) is 96.5 Å². The molecule has 0 amide bonds. The molecule has 2 aromatic carbocycles. The van der Waals surface area contributed by atoms with Gasteiger partial charge >= 0.3 is 17.9 Å². The van der Waals surface area contributed by atoms with Crippen molar-refractivity contribution in [1.29, 1.82) is 0 Å². The van der Waals surface area contributed by atoms with Crippen LogP contribution in [0.5, 0.6) is 5.75 Å². The Labute approximate surface area is 383 Å². The molecule has 1 unspecified atom stereocenters. The zero-order valence-corrected chi connectivity index (χ0v) is 40.7. The summed E-state index contributed by atoms with van der Waals surface area (Å²) in [6.07, 6.45) is 5.81. The number of rotatable bonds is 7. The van der Waals surface area contributed by atoms with E-state index >= 15 is 4.79 Å². The lowest BCUT2D eigenvalue weighted by Gasteiger charge is -2.63. The molecule has 1 saturated carbocycles. The van der Waals surface area contributed by atoms with Crippen molar-refractivity contribution in [2.24, 2.45) is 11.3 Å². The van der Waals surface area contributed by atoms with Gasteiger partial charge in [0.25, 0.3) is 0 Å². The van der Waals surface area contributed by atoms with E-state index in [0.717, 1.165) is 39.0 Å². The first-order chi connectivity index (χ1) is 30.8. The molecule has 6 heterocycles. The summed E-state index contributed by atoms with van der Waals surface area (Å²) >= 11 is 0. The lowest BCUT2D eigenvalue weighted by molar-refractivity contribution is -0.228. The Morgan fingerprint density at radius 3 is 2.37 bits per heavy atom. The van der Waals surface area contributed by atoms with Gasteiger partial charge in [-0.1, -0.05) is 51.6 Å². The second kappa shape index (κ2) is 15.7. The summed E-state index contributed by atoms with van der Waals surface area (Å²) < 4.78 is 24.2. The number of anilines is 1. The Hall–Kier alpha value is -4.65. The number of carbonyl (C=O) groups excluding carboxylic acids is 3. The number of likely N-dealkylation sites (N-methyl/N-ethyl adjacent to an activating group) is 1. The summed E-state index contributed by atoms with van der Waals surface area (Å²) in [7, 11) is 4.47. The number of H-pyrrole nitrogens is 1. The van der Waals surface area contributed by atoms with Crippen molar-refractivity contribution < 1.29 is 43.5 Å². The van der Waals surface area contributed by atoms with E-state index in [4.69, 9.17) is 18.9 Å². The van der Waals surface area contributed by atoms with E-state index in [0.29, 0.717) is 82.6 Å². The minimum Gasteiger partial charge on any atom is -0.496 e. The van der Waals surface area contributed by atoms with Gasteiger partial charge in [-0.15, -0.1) is 5.54 Å². The van der Waals surface area contributed by atoms with Gasteiger partial charge < -0.3 is 39.0 Å². The molecule has 0 radical (unpaired) electrons. The van der Waals surface area contributed by atoms with E-state index < -0.39 is 65.6 Å². The lowest BCUT2D eigenvalue weighted by atomic mass is 9.47. The maximum atomic E-state index is 15.6. The average molecular weight is 907 g/mol. The Morgan fingerprint density at radius 2 is 1.71 bits per heavy atom. The second-order valence-electron chi connectivity index (χ2n) is 20.9. The number of fused-ring (bicyclic) bond motifs is 6. The molecule has 9 rings (SSSR count). The number of hydrogen-bond donors (Lipinski definition) is 3. The predicted octanol–water partition coefficient (Wildman–Crippen LogP) is 5.22. The normalized spacial score (nSPS) is 34.7. The number of methoxy groups -OCH3 is 3. The van der Waals surface area contributed by atoms with Crippen LogP contribution >= 0.6 is 0 Å². The van der Waals surface area contributed by atoms with Crippen LogP contribution in [0.3, 0.4) is 0 Å². The van der Waals surface area contributed by atoms with E-state index in [9.17, 15) is 19.8 Å². The van der Waals surface area contributed by atoms with Crippen molar-refractivity contribution in [3.05, 3.63) is 70.4 Å². The van der Waals surface area contributed by atoms with Crippen molar-refractivity contribution in [2.45, 2.75) is 119 Å². The highest BCUT2D eigenvalue weighted by Crippen LogP contribution is 2.68. The molecule has 3 N–H and O–H groups in total. The van der Waals surface area contributed by atoms with Crippen molar-refractivity contribution in [3.63, 3.8) is 0 Å². The van der Waals surface area contributed by atoms with Gasteiger partial charge in [0.2, 0.25) is 5.60 Å². The summed E-state index contributed by atoms with van der Waals surface area (Å²) in [4.78, 5) is 53.7. The molecule has 3 fully saturated rings. The monoisotopic (exact) mass is 906 g/mol. The minimum atomic E-state index is -2.32. The maximum Gasteiger partial charge on any atom is 0.344 e. The molecule has 14 heteroatoms. The molecular weight excluding hydrogens is 841 g/mol. The molecular formula is C51H66N4O9Si. The van der Waals surface area contributed by atoms with Crippen LogP contribution in [0.2, 0.25) is 19.6 Å². The molecule has 10 atom stereocenters. The minimum absolute atomic E-state index is 0.128. The molecule has 5 aliphatic heterocycles. The van der Waals surface area contributed by atoms with Crippen LogP contribution < -0.4 is 9.64 Å². The largest absolute Gasteiger partial charge is 0.496 e. The van der Waals surface area contributed by atoms with Crippen LogP contribution in [0.1, 0.15) is 80.8 Å². The van der Waals surface area contributed by atoms with Crippen LogP contribution in [0.4, 0.5) is 5.69 Å². The Balaban J connectivity index is 1.36. The number of nitrogens with zero attached hydrogens (tertiary/aromatic N) is 3. The summed E-state index contributed by atoms with van der Waals surface area (Å²) in [6.45, 7) is 15.2. The summed E-state index contributed by atoms with van der Waals surface area (Å²) in [6, 6.07) is 9.03. The zero-order valence-electron chi connectivity index (χ0n) is 39.7. The first kappa shape index (κ1) is 45.5. The van der Waals surface area contributed by atoms with E-state index in [1.165, 1.54) is 21.1 Å². The predicted molar refractivity (Wildman–Crippen MR) is 251 cm³/mol. The van der Waals surface area contributed by atoms with Gasteiger partial charge in [0.05, 0.1) is 33.0 Å². The SMILES string of the molecule is CC[C@]1(O)C[C@H]2CN(CCc3c([nH]c4ccc(C#C[Si](C)(C)C)cc34)[C@@](C(=O)OC)(c3cc4c(cc3OC)N(C)[C@H]3[C@@](O)(C(=O)OC)[C@H](OC(C)=O)[C@]5(CC)C=CCN6CC[C@]43[C@@H]65)C2)C1. The van der Waals surface area contributed by atoms with Gasteiger partial charge in [0.1, 0.15) is 19.2 Å². The van der Waals surface area contributed by atoms with Gasteiger partial charge in [-0.05, 0) is 86.4 Å². The third-order valence-electron chi connectivity index (χ3n) is 16.3. The average Bonchev–Trinajstić information content (AvgIpc) is 3.94. The zero-order chi connectivity index (χ0) is 46.6. The number of ether oxygens (including phenoxy) is 4. The topological polar surface area (TPSA) is 154 Å². The highest BCUT2D eigenvalue weighted by Gasteiger charge is 2.80. The van der Waals surface area contributed by atoms with Crippen molar-refractivity contribution in [2.75, 3.05) is 66.0 Å². The van der Waals surface area contributed by atoms with E-state index in [-0.39, 0.29) is 12.0 Å². The number of benzene rings is 2. The fourth-order valence-corrected chi connectivity index (χ4v) is 14.4. The summed E-state index contributed by atoms with van der Waals surface area (Å²) in [5.74, 6) is 1.83. The maximum absolute atomic E-state index is 15.6. The smallest absolute Gasteiger partial charge is 0.344 e. The molecule has 348 valence electrons. The Kier molecular flexibility index (Phi) is 11.0. The number of aliphatic hydroxyl groups is 2. The summed E-state index contributed by atoms with van der Waals surface area (Å²) in [5.41, 5.74) is 2.54. The first-order valence-electron chi connectivity index (χ1n) is 23.4. The number of aromatic amines is 1. The number of nitrogens with one attached hydrogen (secondary N) is 1. The first-order valence-corrected chi connectivity index (χ1v) is 26.9. The highest BCUT2D eigenvalue weighted by atomic mass is 28.3. The Bertz CT molecular complexity index is 2560. The van der Waals surface area contributed by atoms with Gasteiger partial charge in [0.15, 0.2) is 6.10 Å². The highest BCUT2D eigenvalue weighted by molar-refractivity contribution is 6.83. The van der Waals surface area contributed by atoms with E-state index in [1.54, 1.807) is 7.11 Å². The van der Waals surface area contributed by atoms with Crippen LogP contribution in [0.15, 0.2) is 42.5 Å². The van der Waals surface area contributed by atoms with Crippen LogP contribution in [-0.2, 0) is 45.8 Å². The second-order valence-corrected chi connectivity index (χ2v) is 25.7. The van der Waals surface area contributed by atoms with Crippen LogP contribution in [-0.4, -0.2) is 141 Å². The van der Waals surface area contributed by atoms with Gasteiger partial charge in [-0.3, -0.25) is 19.4 Å². The molecule has 6 aliphatic rings. The van der Waals surface area contributed by atoms with E-state index in [1.807, 2.05) is 37.9 Å². The molecule has 3 aromatic rings. The van der Waals surface area contributed by atoms with Gasteiger partial charge in [-0.25, -0.2) is 4.79 Å². The molecule has 13 nitrogen and oxygen atoms in total. The molecule has 1 aromatic heterocycles. The summed E-state index contributed by atoms with van der Waals surface area (Å²) in [5, 5.41) is 26.5. The number of carbonyl (C=O) groups is 3. The van der Waals surface area contributed by atoms with Gasteiger partial charge in [-0.2, -0.15) is 0 Å². The van der Waals surface area contributed by atoms with Crippen molar-refractivity contribution in [1.82, 2.24) is 14.8 Å². The van der Waals surface area contributed by atoms with Crippen molar-refractivity contribution >= 4 is 42.6 Å². The van der Waals surface area contributed by atoms with Crippen LogP contribution in [0, 0.1) is 22.8 Å². The number of aromatic nitrogens is 1. The number of esters is 3. The fraction of sp³-hybridized carbons (Fsp3) is 0.588. The fourth-order valence-electron chi connectivity index (χ4n) is 13.9. The Morgan fingerprint density at radius 1 is 0.954 bits per heavy atom. The molecule has 1 aliphatic carbocycles. The quantitative estimate of drug-likeness (QED) is 0.0938. The van der Waals surface area contributed by atoms with Crippen molar-refractivity contribution in [3.8, 4) is 17.2 Å².